The van der Waals surface area contributed by atoms with Crippen LogP contribution >= 0.6 is 11.6 Å². The van der Waals surface area contributed by atoms with Crippen molar-refractivity contribution in [3.8, 4) is 0 Å². The number of hydrogen-bond acceptors (Lipinski definition) is 5. The summed E-state index contributed by atoms with van der Waals surface area (Å²) in [6.07, 6.45) is -1.10. The number of carbonyl (C=O) groups is 2. The molecule has 0 bridgehead atoms. The van der Waals surface area contributed by atoms with E-state index < -0.39 is 12.1 Å². The number of ketones is 1. The van der Waals surface area contributed by atoms with Crippen LogP contribution in [0.3, 0.4) is 0 Å². The Kier molecular flexibility index (Phi) is 5.14. The van der Waals surface area contributed by atoms with Crippen molar-refractivity contribution in [2.45, 2.75) is 19.4 Å². The van der Waals surface area contributed by atoms with Crippen molar-refractivity contribution in [3.63, 3.8) is 0 Å². The summed E-state index contributed by atoms with van der Waals surface area (Å²) in [5.74, 6) is -0.932. The Labute approximate surface area is 153 Å². The van der Waals surface area contributed by atoms with Crippen LogP contribution in [0.2, 0.25) is 5.02 Å². The number of halogens is 1. The van der Waals surface area contributed by atoms with Gasteiger partial charge in [0.2, 0.25) is 5.78 Å². The highest BCUT2D eigenvalue weighted by molar-refractivity contribution is 6.30. The third-order valence-electron chi connectivity index (χ3n) is 3.89. The molecule has 0 aliphatic rings. The van der Waals surface area contributed by atoms with Crippen molar-refractivity contribution >= 4 is 34.1 Å². The van der Waals surface area contributed by atoms with Crippen LogP contribution in [0.1, 0.15) is 23.0 Å². The smallest absolute Gasteiger partial charge is 0.312 e. The monoisotopic (exact) mass is 370 g/mol. The Bertz CT molecular complexity index is 1030. The normalized spacial score (nSPS) is 11.9. The Morgan fingerprint density at radius 3 is 2.46 bits per heavy atom. The fourth-order valence-electron chi connectivity index (χ4n) is 2.58. The van der Waals surface area contributed by atoms with Gasteiger partial charge in [0.25, 0.3) is 5.56 Å². The SMILES string of the molecule is C[C@H](OC(=O)Cc1n[nH]c(=O)c2ccccc12)C(=O)c1ccc(Cl)cc1. The number of aromatic nitrogens is 2. The van der Waals surface area contributed by atoms with E-state index in [1.807, 2.05) is 0 Å². The van der Waals surface area contributed by atoms with Gasteiger partial charge < -0.3 is 4.74 Å². The van der Waals surface area contributed by atoms with Crippen LogP contribution in [-0.2, 0) is 16.0 Å². The van der Waals surface area contributed by atoms with Crippen molar-refractivity contribution in [3.05, 3.63) is 75.2 Å². The lowest BCUT2D eigenvalue weighted by Crippen LogP contribution is -2.25. The predicted octanol–water partition coefficient (Wildman–Crippen LogP) is 2.93. The lowest BCUT2D eigenvalue weighted by atomic mass is 10.1. The maximum Gasteiger partial charge on any atom is 0.312 e. The van der Waals surface area contributed by atoms with E-state index in [2.05, 4.69) is 10.2 Å². The number of nitrogens with one attached hydrogen (secondary N) is 1. The molecule has 26 heavy (non-hydrogen) atoms. The first-order chi connectivity index (χ1) is 12.5. The van der Waals surface area contributed by atoms with Crippen LogP contribution < -0.4 is 5.56 Å². The van der Waals surface area contributed by atoms with Gasteiger partial charge in [-0.3, -0.25) is 14.4 Å². The van der Waals surface area contributed by atoms with Gasteiger partial charge in [-0.2, -0.15) is 5.10 Å². The summed E-state index contributed by atoms with van der Waals surface area (Å²) in [6.45, 7) is 1.51. The van der Waals surface area contributed by atoms with E-state index in [1.165, 1.54) is 6.92 Å². The number of esters is 1. The van der Waals surface area contributed by atoms with E-state index in [4.69, 9.17) is 16.3 Å². The molecule has 6 nitrogen and oxygen atoms in total. The average molecular weight is 371 g/mol. The zero-order valence-electron chi connectivity index (χ0n) is 13.9. The Balaban J connectivity index is 1.73. The molecule has 0 saturated carbocycles. The van der Waals surface area contributed by atoms with Crippen LogP contribution in [0.4, 0.5) is 0 Å². The molecule has 0 amide bonds. The molecular weight excluding hydrogens is 356 g/mol. The number of carbonyl (C=O) groups excluding carboxylic acids is 2. The molecule has 1 N–H and O–H groups in total. The second-order valence-electron chi connectivity index (χ2n) is 5.73. The summed E-state index contributed by atoms with van der Waals surface area (Å²) in [6, 6.07) is 13.2. The standard InChI is InChI=1S/C19H15ClN2O4/c1-11(18(24)12-6-8-13(20)9-7-12)26-17(23)10-16-14-4-2-3-5-15(14)19(25)22-21-16/h2-9,11H,10H2,1H3,(H,22,25)/t11-/m0/s1. The highest BCUT2D eigenvalue weighted by Gasteiger charge is 2.20. The molecule has 0 fully saturated rings. The topological polar surface area (TPSA) is 89.1 Å². The molecule has 0 unspecified atom stereocenters. The van der Waals surface area contributed by atoms with Crippen molar-refractivity contribution < 1.29 is 14.3 Å². The van der Waals surface area contributed by atoms with Crippen LogP contribution in [0, 0.1) is 0 Å². The van der Waals surface area contributed by atoms with Gasteiger partial charge in [-0.25, -0.2) is 5.10 Å². The third-order valence-corrected chi connectivity index (χ3v) is 4.14. The first kappa shape index (κ1) is 17.8. The molecule has 132 valence electrons. The van der Waals surface area contributed by atoms with Crippen LogP contribution in [0.5, 0.6) is 0 Å². The first-order valence-corrected chi connectivity index (χ1v) is 8.29. The average Bonchev–Trinajstić information content (AvgIpc) is 2.64. The Morgan fingerprint density at radius 1 is 1.12 bits per heavy atom. The molecule has 0 aliphatic heterocycles. The first-order valence-electron chi connectivity index (χ1n) is 7.91. The summed E-state index contributed by atoms with van der Waals surface area (Å²) in [7, 11) is 0. The number of ether oxygens (including phenoxy) is 1. The van der Waals surface area contributed by atoms with Gasteiger partial charge >= 0.3 is 5.97 Å². The number of benzene rings is 2. The van der Waals surface area contributed by atoms with Crippen molar-refractivity contribution in [2.24, 2.45) is 0 Å². The highest BCUT2D eigenvalue weighted by Crippen LogP contribution is 2.15. The fraction of sp³-hybridized carbons (Fsp3) is 0.158. The summed E-state index contributed by atoms with van der Waals surface area (Å²) < 4.78 is 5.23. The molecule has 1 atom stereocenters. The van der Waals surface area contributed by atoms with Gasteiger partial charge in [0.1, 0.15) is 0 Å². The number of H-pyrrole nitrogens is 1. The van der Waals surface area contributed by atoms with Gasteiger partial charge in [-0.15, -0.1) is 0 Å². The zero-order chi connectivity index (χ0) is 18.7. The predicted molar refractivity (Wildman–Crippen MR) is 97.4 cm³/mol. The number of rotatable bonds is 5. The van der Waals surface area contributed by atoms with E-state index in [0.717, 1.165) is 0 Å². The molecular formula is C19H15ClN2O4. The van der Waals surface area contributed by atoms with E-state index >= 15 is 0 Å². The molecule has 3 rings (SSSR count). The lowest BCUT2D eigenvalue weighted by Gasteiger charge is -2.12. The van der Waals surface area contributed by atoms with Crippen molar-refractivity contribution in [1.29, 1.82) is 0 Å². The molecule has 0 spiro atoms. The van der Waals surface area contributed by atoms with E-state index in [1.54, 1.807) is 48.5 Å². The largest absolute Gasteiger partial charge is 0.454 e. The quantitative estimate of drug-likeness (QED) is 0.551. The molecule has 7 heteroatoms. The Morgan fingerprint density at radius 2 is 1.77 bits per heavy atom. The number of nitrogens with zero attached hydrogens (tertiary/aromatic N) is 1. The maximum atomic E-state index is 12.3. The Hall–Kier alpha value is -2.99. The van der Waals surface area contributed by atoms with Gasteiger partial charge in [-0.1, -0.05) is 29.8 Å². The zero-order valence-corrected chi connectivity index (χ0v) is 14.6. The van der Waals surface area contributed by atoms with Gasteiger partial charge in [0.15, 0.2) is 6.10 Å². The second kappa shape index (κ2) is 7.49. The van der Waals surface area contributed by atoms with E-state index in [-0.39, 0.29) is 17.8 Å². The minimum atomic E-state index is -0.947. The summed E-state index contributed by atoms with van der Waals surface area (Å²) >= 11 is 5.80. The van der Waals surface area contributed by atoms with Crippen LogP contribution in [0.25, 0.3) is 10.8 Å². The minimum absolute atomic E-state index is 0.157. The maximum absolute atomic E-state index is 12.3. The molecule has 1 heterocycles. The lowest BCUT2D eigenvalue weighted by molar-refractivity contribution is -0.145. The van der Waals surface area contributed by atoms with Crippen LogP contribution in [-0.4, -0.2) is 28.1 Å². The molecule has 2 aromatic carbocycles. The molecule has 0 aliphatic carbocycles. The molecule has 1 aromatic heterocycles. The van der Waals surface area contributed by atoms with Gasteiger partial charge in [0.05, 0.1) is 17.5 Å². The van der Waals surface area contributed by atoms with E-state index in [0.29, 0.717) is 27.1 Å². The summed E-state index contributed by atoms with van der Waals surface area (Å²) in [4.78, 5) is 36.3. The number of aromatic amines is 1. The number of Topliss-reactive ketones (excluding diaryl/α,β-unsaturated/α-hetero) is 1. The number of fused-ring (bicyclic) bond motifs is 1. The second-order valence-corrected chi connectivity index (χ2v) is 6.16. The molecule has 0 radical (unpaired) electrons. The van der Waals surface area contributed by atoms with Crippen molar-refractivity contribution in [2.75, 3.05) is 0 Å². The summed E-state index contributed by atoms with van der Waals surface area (Å²) in [5.41, 5.74) is 0.461. The van der Waals surface area contributed by atoms with E-state index in [9.17, 15) is 14.4 Å². The molecule has 3 aromatic rings. The molecule has 0 saturated heterocycles. The van der Waals surface area contributed by atoms with Gasteiger partial charge in [-0.05, 0) is 37.3 Å². The van der Waals surface area contributed by atoms with Gasteiger partial charge in [0, 0.05) is 16.0 Å². The third kappa shape index (κ3) is 3.81. The van der Waals surface area contributed by atoms with Crippen LogP contribution in [0.15, 0.2) is 53.3 Å². The van der Waals surface area contributed by atoms with Crippen molar-refractivity contribution in [1.82, 2.24) is 10.2 Å². The fourth-order valence-corrected chi connectivity index (χ4v) is 2.71. The summed E-state index contributed by atoms with van der Waals surface area (Å²) in [5, 5.41) is 7.82. The minimum Gasteiger partial charge on any atom is -0.454 e. The highest BCUT2D eigenvalue weighted by atomic mass is 35.5. The number of hydrogen-bond donors (Lipinski definition) is 1.